The Labute approximate surface area is 164 Å². The van der Waals surface area contributed by atoms with Gasteiger partial charge in [0, 0.05) is 45.0 Å². The molecule has 2 N–H and O–H groups in total. The Morgan fingerprint density at radius 1 is 1.18 bits per heavy atom. The van der Waals surface area contributed by atoms with Gasteiger partial charge in [-0.2, -0.15) is 0 Å². The number of carbonyl (C=O) groups is 1. The molecule has 0 aliphatic carbocycles. The molecule has 28 heavy (non-hydrogen) atoms. The van der Waals surface area contributed by atoms with Crippen LogP contribution in [0, 0.1) is 0 Å². The molecule has 0 radical (unpaired) electrons. The van der Waals surface area contributed by atoms with Crippen LogP contribution in [0.3, 0.4) is 0 Å². The number of morpholine rings is 1. The summed E-state index contributed by atoms with van der Waals surface area (Å²) < 4.78 is 5.41. The van der Waals surface area contributed by atoms with Gasteiger partial charge in [0.05, 0.1) is 30.8 Å². The summed E-state index contributed by atoms with van der Waals surface area (Å²) in [6.07, 6.45) is 1.15. The first kappa shape index (κ1) is 18.1. The Balaban J connectivity index is 1.27. The first-order valence-electron chi connectivity index (χ1n) is 10.3. The third-order valence-electron chi connectivity index (χ3n) is 6.07. The van der Waals surface area contributed by atoms with Crippen LogP contribution in [0.15, 0.2) is 18.2 Å². The van der Waals surface area contributed by atoms with Crippen LogP contribution >= 0.6 is 0 Å². The highest BCUT2D eigenvalue weighted by Gasteiger charge is 2.34. The number of anilines is 1. The second kappa shape index (κ2) is 7.79. The third kappa shape index (κ3) is 3.77. The van der Waals surface area contributed by atoms with Crippen LogP contribution in [0.25, 0.3) is 11.0 Å². The van der Waals surface area contributed by atoms with E-state index in [9.17, 15) is 4.79 Å². The minimum Gasteiger partial charge on any atom is -0.379 e. The molecule has 4 fully saturated rings. The van der Waals surface area contributed by atoms with Gasteiger partial charge in [-0.05, 0) is 31.2 Å². The zero-order valence-corrected chi connectivity index (χ0v) is 16.2. The van der Waals surface area contributed by atoms with Crippen LogP contribution < -0.4 is 5.32 Å². The SMILES string of the molecule is O=C(Nc1ccc2nc(CN3CCOCC3)[nH]c2c1)C1CN2CCCN1CC2. The average Bonchev–Trinajstić information content (AvgIpc) is 2.86. The molecule has 8 heteroatoms. The van der Waals surface area contributed by atoms with Crippen molar-refractivity contribution in [2.24, 2.45) is 0 Å². The Bertz CT molecular complexity index is 842. The fourth-order valence-corrected chi connectivity index (χ4v) is 4.51. The summed E-state index contributed by atoms with van der Waals surface area (Å²) in [6, 6.07) is 5.87. The summed E-state index contributed by atoms with van der Waals surface area (Å²) in [4.78, 5) is 28.1. The van der Waals surface area contributed by atoms with Crippen molar-refractivity contribution in [1.82, 2.24) is 24.7 Å². The van der Waals surface area contributed by atoms with Crippen LogP contribution in [0.5, 0.6) is 0 Å². The number of aromatic nitrogens is 2. The standard InChI is InChI=1S/C20H28N6O2/c27-20(18-13-24-4-1-5-26(18)7-6-24)21-15-2-3-16-17(12-15)23-19(22-16)14-25-8-10-28-11-9-25/h2-3,12,18H,1,4-11,13-14H2,(H,21,27)(H,22,23). The number of benzene rings is 1. The molecule has 2 bridgehead atoms. The van der Waals surface area contributed by atoms with Gasteiger partial charge < -0.3 is 15.0 Å². The van der Waals surface area contributed by atoms with Gasteiger partial charge in [0.25, 0.3) is 0 Å². The summed E-state index contributed by atoms with van der Waals surface area (Å²) in [6.45, 7) is 9.26. The second-order valence-corrected chi connectivity index (χ2v) is 8.00. The molecule has 5 heterocycles. The number of H-pyrrole nitrogens is 1. The van der Waals surface area contributed by atoms with E-state index in [1.807, 2.05) is 18.2 Å². The lowest BCUT2D eigenvalue weighted by atomic mass is 10.1. The lowest BCUT2D eigenvalue weighted by Crippen LogP contribution is -2.55. The number of nitrogens with zero attached hydrogens (tertiary/aromatic N) is 4. The van der Waals surface area contributed by atoms with E-state index in [0.29, 0.717) is 0 Å². The number of ether oxygens (including phenoxy) is 1. The molecule has 3 atom stereocenters. The zero-order chi connectivity index (χ0) is 18.9. The number of aromatic amines is 1. The van der Waals surface area contributed by atoms with Gasteiger partial charge in [-0.3, -0.25) is 19.5 Å². The summed E-state index contributed by atoms with van der Waals surface area (Å²) in [5.74, 6) is 1.05. The Hall–Kier alpha value is -2.00. The van der Waals surface area contributed by atoms with Crippen molar-refractivity contribution in [3.8, 4) is 0 Å². The predicted octanol–water partition coefficient (Wildman–Crippen LogP) is 0.724. The monoisotopic (exact) mass is 384 g/mol. The maximum absolute atomic E-state index is 12.9. The van der Waals surface area contributed by atoms with E-state index < -0.39 is 0 Å². The number of amides is 1. The molecule has 2 aromatic rings. The molecule has 8 nitrogen and oxygen atoms in total. The molecule has 1 amide bonds. The fraction of sp³-hybridized carbons (Fsp3) is 0.600. The molecule has 3 unspecified atom stereocenters. The zero-order valence-electron chi connectivity index (χ0n) is 16.2. The van der Waals surface area contributed by atoms with Gasteiger partial charge in [-0.15, -0.1) is 0 Å². The number of fused-ring (bicyclic) bond motifs is 5. The van der Waals surface area contributed by atoms with Crippen LogP contribution in [0.2, 0.25) is 0 Å². The van der Waals surface area contributed by atoms with E-state index in [1.54, 1.807) is 0 Å². The Kier molecular flexibility index (Phi) is 5.02. The third-order valence-corrected chi connectivity index (χ3v) is 6.07. The molecule has 4 aliphatic rings. The van der Waals surface area contributed by atoms with E-state index in [0.717, 1.165) is 94.5 Å². The van der Waals surface area contributed by atoms with Crippen molar-refractivity contribution in [2.45, 2.75) is 19.0 Å². The molecule has 150 valence electrons. The molecule has 1 aromatic heterocycles. The van der Waals surface area contributed by atoms with Crippen molar-refractivity contribution < 1.29 is 9.53 Å². The van der Waals surface area contributed by atoms with Crippen LogP contribution in [-0.4, -0.2) is 95.6 Å². The van der Waals surface area contributed by atoms with E-state index in [2.05, 4.69) is 25.0 Å². The molecule has 4 saturated heterocycles. The average molecular weight is 384 g/mol. The summed E-state index contributed by atoms with van der Waals surface area (Å²) >= 11 is 0. The lowest BCUT2D eigenvalue weighted by Gasteiger charge is -2.36. The largest absolute Gasteiger partial charge is 0.379 e. The minimum atomic E-state index is -0.0504. The molecule has 0 saturated carbocycles. The van der Waals surface area contributed by atoms with Crippen molar-refractivity contribution in [3.05, 3.63) is 24.0 Å². The normalized spacial score (nSPS) is 28.4. The number of hydrogen-bond acceptors (Lipinski definition) is 6. The molecular formula is C20H28N6O2. The number of nitrogens with one attached hydrogen (secondary N) is 2. The maximum atomic E-state index is 12.9. The highest BCUT2D eigenvalue weighted by atomic mass is 16.5. The van der Waals surface area contributed by atoms with Gasteiger partial charge >= 0.3 is 0 Å². The number of hydrogen-bond donors (Lipinski definition) is 2. The lowest BCUT2D eigenvalue weighted by molar-refractivity contribution is -0.122. The number of imidazole rings is 1. The van der Waals surface area contributed by atoms with Crippen molar-refractivity contribution in [2.75, 3.05) is 64.3 Å². The number of carbonyl (C=O) groups excluding carboxylic acids is 1. The molecule has 4 aliphatic heterocycles. The summed E-state index contributed by atoms with van der Waals surface area (Å²) in [5.41, 5.74) is 2.73. The van der Waals surface area contributed by atoms with Gasteiger partial charge in [0.2, 0.25) is 5.91 Å². The van der Waals surface area contributed by atoms with Crippen molar-refractivity contribution in [1.29, 1.82) is 0 Å². The predicted molar refractivity (Wildman–Crippen MR) is 107 cm³/mol. The Morgan fingerprint density at radius 3 is 2.96 bits per heavy atom. The number of rotatable bonds is 4. The first-order valence-corrected chi connectivity index (χ1v) is 10.3. The van der Waals surface area contributed by atoms with Crippen molar-refractivity contribution in [3.63, 3.8) is 0 Å². The Morgan fingerprint density at radius 2 is 2.07 bits per heavy atom. The van der Waals surface area contributed by atoms with E-state index in [-0.39, 0.29) is 11.9 Å². The topological polar surface area (TPSA) is 76.7 Å². The summed E-state index contributed by atoms with van der Waals surface area (Å²) in [5, 5.41) is 3.13. The van der Waals surface area contributed by atoms with Crippen LogP contribution in [-0.2, 0) is 16.1 Å². The number of piperazine rings is 1. The molecule has 1 aromatic carbocycles. The molecular weight excluding hydrogens is 356 g/mol. The molecule has 0 spiro atoms. The van der Waals surface area contributed by atoms with Crippen LogP contribution in [0.1, 0.15) is 12.2 Å². The highest BCUT2D eigenvalue weighted by Crippen LogP contribution is 2.21. The first-order chi connectivity index (χ1) is 13.7. The summed E-state index contributed by atoms with van der Waals surface area (Å²) in [7, 11) is 0. The van der Waals surface area contributed by atoms with Crippen molar-refractivity contribution >= 4 is 22.6 Å². The smallest absolute Gasteiger partial charge is 0.243 e. The maximum Gasteiger partial charge on any atom is 0.243 e. The van der Waals surface area contributed by atoms with E-state index >= 15 is 0 Å². The minimum absolute atomic E-state index is 0.0504. The van der Waals surface area contributed by atoms with Gasteiger partial charge in [-0.25, -0.2) is 4.98 Å². The molecule has 6 rings (SSSR count). The highest BCUT2D eigenvalue weighted by molar-refractivity contribution is 5.96. The van der Waals surface area contributed by atoms with Gasteiger partial charge in [0.1, 0.15) is 11.9 Å². The van der Waals surface area contributed by atoms with Gasteiger partial charge in [0.15, 0.2) is 0 Å². The van der Waals surface area contributed by atoms with Gasteiger partial charge in [-0.1, -0.05) is 0 Å². The quantitative estimate of drug-likeness (QED) is 0.809. The second-order valence-electron chi connectivity index (χ2n) is 8.00. The van der Waals surface area contributed by atoms with E-state index in [1.165, 1.54) is 0 Å². The van der Waals surface area contributed by atoms with E-state index in [4.69, 9.17) is 9.72 Å². The fourth-order valence-electron chi connectivity index (χ4n) is 4.51. The van der Waals surface area contributed by atoms with Crippen LogP contribution in [0.4, 0.5) is 5.69 Å².